The lowest BCUT2D eigenvalue weighted by atomic mass is 10.0. The molecule has 2 heterocycles. The molecule has 3 atom stereocenters. The van der Waals surface area contributed by atoms with Gasteiger partial charge in [0.15, 0.2) is 11.5 Å². The molecule has 0 bridgehead atoms. The number of hydrogen-bond acceptors (Lipinski definition) is 5. The molecular formula is C16H24N2O2S. The van der Waals surface area contributed by atoms with Gasteiger partial charge in [0.1, 0.15) is 13.2 Å². The standard InChI is InChI=1S/C16H24N2O2S/c1-11-9-18(10-12(2)21-11)14(8-17)13-3-4-15-16(7-13)20-6-5-19-15/h3-4,7,11-12,14H,5-6,8-10,17H2,1-2H3. The summed E-state index contributed by atoms with van der Waals surface area (Å²) in [6.07, 6.45) is 0. The van der Waals surface area contributed by atoms with E-state index >= 15 is 0 Å². The molecule has 0 saturated carbocycles. The van der Waals surface area contributed by atoms with Crippen molar-refractivity contribution in [3.63, 3.8) is 0 Å². The Kier molecular flexibility index (Phi) is 4.62. The van der Waals surface area contributed by atoms with Crippen LogP contribution in [-0.2, 0) is 0 Å². The van der Waals surface area contributed by atoms with Crippen molar-refractivity contribution in [2.24, 2.45) is 5.73 Å². The molecule has 1 saturated heterocycles. The Labute approximate surface area is 131 Å². The minimum Gasteiger partial charge on any atom is -0.486 e. The van der Waals surface area contributed by atoms with Crippen LogP contribution in [0.25, 0.3) is 0 Å². The zero-order chi connectivity index (χ0) is 14.8. The third-order valence-corrected chi connectivity index (χ3v) is 5.29. The van der Waals surface area contributed by atoms with Crippen LogP contribution in [-0.4, -0.2) is 48.2 Å². The number of nitrogens with two attached hydrogens (primary N) is 1. The molecule has 3 rings (SSSR count). The van der Waals surface area contributed by atoms with Crippen LogP contribution in [0, 0.1) is 0 Å². The van der Waals surface area contributed by atoms with E-state index in [1.54, 1.807) is 0 Å². The topological polar surface area (TPSA) is 47.7 Å². The smallest absolute Gasteiger partial charge is 0.161 e. The maximum absolute atomic E-state index is 6.08. The van der Waals surface area contributed by atoms with Gasteiger partial charge in [-0.1, -0.05) is 19.9 Å². The highest BCUT2D eigenvalue weighted by Gasteiger charge is 2.28. The second-order valence-electron chi connectivity index (χ2n) is 5.87. The van der Waals surface area contributed by atoms with Gasteiger partial charge in [0.2, 0.25) is 0 Å². The van der Waals surface area contributed by atoms with Gasteiger partial charge < -0.3 is 15.2 Å². The average Bonchev–Trinajstić information content (AvgIpc) is 2.47. The minimum absolute atomic E-state index is 0.256. The lowest BCUT2D eigenvalue weighted by Gasteiger charge is -2.39. The molecule has 2 aliphatic heterocycles. The number of nitrogens with zero attached hydrogens (tertiary/aromatic N) is 1. The first-order valence-electron chi connectivity index (χ1n) is 7.66. The van der Waals surface area contributed by atoms with Crippen LogP contribution in [0.4, 0.5) is 0 Å². The van der Waals surface area contributed by atoms with Crippen molar-refractivity contribution in [2.45, 2.75) is 30.4 Å². The van der Waals surface area contributed by atoms with Crippen LogP contribution < -0.4 is 15.2 Å². The fraction of sp³-hybridized carbons (Fsp3) is 0.625. The molecule has 116 valence electrons. The van der Waals surface area contributed by atoms with Crippen molar-refractivity contribution in [3.05, 3.63) is 23.8 Å². The van der Waals surface area contributed by atoms with E-state index in [-0.39, 0.29) is 6.04 Å². The summed E-state index contributed by atoms with van der Waals surface area (Å²) in [6, 6.07) is 6.50. The Bertz CT molecular complexity index is 487. The molecule has 3 unspecified atom stereocenters. The number of rotatable bonds is 3. The first kappa shape index (κ1) is 15.0. The van der Waals surface area contributed by atoms with Gasteiger partial charge in [-0.3, -0.25) is 4.90 Å². The Morgan fingerprint density at radius 3 is 2.52 bits per heavy atom. The fourth-order valence-corrected chi connectivity index (χ4v) is 4.58. The summed E-state index contributed by atoms with van der Waals surface area (Å²) in [6.45, 7) is 8.65. The van der Waals surface area contributed by atoms with Gasteiger partial charge in [0.25, 0.3) is 0 Å². The van der Waals surface area contributed by atoms with Gasteiger partial charge >= 0.3 is 0 Å². The monoisotopic (exact) mass is 308 g/mol. The highest BCUT2D eigenvalue weighted by atomic mass is 32.2. The predicted octanol–water partition coefficient (Wildman–Crippen LogP) is 2.28. The van der Waals surface area contributed by atoms with Crippen molar-refractivity contribution in [3.8, 4) is 11.5 Å². The molecular weight excluding hydrogens is 284 g/mol. The molecule has 1 aromatic carbocycles. The molecule has 5 heteroatoms. The van der Waals surface area contributed by atoms with Crippen molar-refractivity contribution in [1.82, 2.24) is 4.90 Å². The summed E-state index contributed by atoms with van der Waals surface area (Å²) in [7, 11) is 0. The summed E-state index contributed by atoms with van der Waals surface area (Å²) in [5.74, 6) is 1.70. The molecule has 2 N–H and O–H groups in total. The number of fused-ring (bicyclic) bond motifs is 1. The van der Waals surface area contributed by atoms with Gasteiger partial charge in [-0.15, -0.1) is 0 Å². The number of ether oxygens (including phenoxy) is 2. The fourth-order valence-electron chi connectivity index (χ4n) is 3.24. The Morgan fingerprint density at radius 2 is 1.86 bits per heavy atom. The highest BCUT2D eigenvalue weighted by Crippen LogP contribution is 2.36. The zero-order valence-corrected chi connectivity index (χ0v) is 13.6. The van der Waals surface area contributed by atoms with Crippen LogP contribution in [0.2, 0.25) is 0 Å². The number of thioether (sulfide) groups is 1. The molecule has 21 heavy (non-hydrogen) atoms. The van der Waals surface area contributed by atoms with E-state index in [1.165, 1.54) is 5.56 Å². The maximum Gasteiger partial charge on any atom is 0.161 e. The Morgan fingerprint density at radius 1 is 1.19 bits per heavy atom. The van der Waals surface area contributed by atoms with E-state index in [1.807, 2.05) is 6.07 Å². The summed E-state index contributed by atoms with van der Waals surface area (Å²) in [4.78, 5) is 2.51. The van der Waals surface area contributed by atoms with E-state index < -0.39 is 0 Å². The first-order valence-corrected chi connectivity index (χ1v) is 8.60. The van der Waals surface area contributed by atoms with Crippen LogP contribution >= 0.6 is 11.8 Å². The maximum atomic E-state index is 6.08. The van der Waals surface area contributed by atoms with E-state index in [4.69, 9.17) is 15.2 Å². The summed E-state index contributed by atoms with van der Waals surface area (Å²) >= 11 is 2.06. The van der Waals surface area contributed by atoms with Crippen molar-refractivity contribution in [2.75, 3.05) is 32.8 Å². The average molecular weight is 308 g/mol. The largest absolute Gasteiger partial charge is 0.486 e. The molecule has 0 aromatic heterocycles. The second kappa shape index (κ2) is 6.46. The molecule has 1 fully saturated rings. The van der Waals surface area contributed by atoms with Gasteiger partial charge in [0.05, 0.1) is 0 Å². The Hall–Kier alpha value is -0.910. The van der Waals surface area contributed by atoms with Crippen LogP contribution in [0.5, 0.6) is 11.5 Å². The van der Waals surface area contributed by atoms with Gasteiger partial charge in [-0.25, -0.2) is 0 Å². The molecule has 1 aromatic rings. The van der Waals surface area contributed by atoms with E-state index in [2.05, 4.69) is 42.6 Å². The van der Waals surface area contributed by atoms with Crippen LogP contribution in [0.1, 0.15) is 25.5 Å². The first-order chi connectivity index (χ1) is 10.2. The highest BCUT2D eigenvalue weighted by molar-refractivity contribution is 8.00. The molecule has 0 spiro atoms. The normalized spacial score (nSPS) is 27.4. The summed E-state index contributed by atoms with van der Waals surface area (Å²) in [5, 5.41) is 1.31. The number of hydrogen-bond donors (Lipinski definition) is 1. The van der Waals surface area contributed by atoms with Gasteiger partial charge in [-0.05, 0) is 17.7 Å². The second-order valence-corrected chi connectivity index (χ2v) is 7.75. The third-order valence-electron chi connectivity index (χ3n) is 4.06. The third kappa shape index (κ3) is 3.30. The van der Waals surface area contributed by atoms with Crippen molar-refractivity contribution in [1.29, 1.82) is 0 Å². The van der Waals surface area contributed by atoms with Crippen molar-refractivity contribution < 1.29 is 9.47 Å². The molecule has 0 radical (unpaired) electrons. The summed E-state index contributed by atoms with van der Waals surface area (Å²) in [5.41, 5.74) is 7.31. The van der Waals surface area contributed by atoms with E-state index in [0.717, 1.165) is 24.6 Å². The van der Waals surface area contributed by atoms with E-state index in [0.29, 0.717) is 30.3 Å². The number of benzene rings is 1. The minimum atomic E-state index is 0.256. The van der Waals surface area contributed by atoms with Gasteiger partial charge in [0, 0.05) is 36.2 Å². The lowest BCUT2D eigenvalue weighted by Crippen LogP contribution is -2.44. The molecule has 2 aliphatic rings. The van der Waals surface area contributed by atoms with Crippen molar-refractivity contribution >= 4 is 11.8 Å². The molecule has 0 amide bonds. The van der Waals surface area contributed by atoms with Crippen LogP contribution in [0.15, 0.2) is 18.2 Å². The zero-order valence-electron chi connectivity index (χ0n) is 12.7. The quantitative estimate of drug-likeness (QED) is 0.928. The summed E-state index contributed by atoms with van der Waals surface area (Å²) < 4.78 is 11.3. The molecule has 4 nitrogen and oxygen atoms in total. The predicted molar refractivity (Wildman–Crippen MR) is 87.3 cm³/mol. The van der Waals surface area contributed by atoms with E-state index in [9.17, 15) is 0 Å². The lowest BCUT2D eigenvalue weighted by molar-refractivity contribution is 0.169. The van der Waals surface area contributed by atoms with Crippen LogP contribution in [0.3, 0.4) is 0 Å². The van der Waals surface area contributed by atoms with Gasteiger partial charge in [-0.2, -0.15) is 11.8 Å². The Balaban J connectivity index is 1.82. The molecule has 0 aliphatic carbocycles. The SMILES string of the molecule is CC1CN(C(CN)c2ccc3c(c2)OCCO3)CC(C)S1.